The average Bonchev–Trinajstić information content (AvgIpc) is 2.83. The van der Waals surface area contributed by atoms with Gasteiger partial charge in [-0.15, -0.1) is 11.3 Å². The fourth-order valence-electron chi connectivity index (χ4n) is 1.97. The smallest absolute Gasteiger partial charge is 0.187 e. The molecule has 0 radical (unpaired) electrons. The number of hydrogen-bond acceptors (Lipinski definition) is 8. The van der Waals surface area contributed by atoms with Crippen LogP contribution in [0.1, 0.15) is 5.01 Å². The van der Waals surface area contributed by atoms with Crippen LogP contribution in [-0.4, -0.2) is 41.4 Å². The molecule has 2 aromatic rings. The molecule has 1 aromatic heterocycles. The molecule has 1 aromatic carbocycles. The van der Waals surface area contributed by atoms with Gasteiger partial charge in [0.05, 0.1) is 17.3 Å². The van der Waals surface area contributed by atoms with Gasteiger partial charge in [0.2, 0.25) is 0 Å². The van der Waals surface area contributed by atoms with Crippen molar-refractivity contribution in [3.63, 3.8) is 0 Å². The zero-order chi connectivity index (χ0) is 17.4. The number of benzene rings is 1. The highest BCUT2D eigenvalue weighted by Gasteiger charge is 2.30. The Morgan fingerprint density at radius 1 is 1.22 bits per heavy atom. The van der Waals surface area contributed by atoms with Crippen LogP contribution in [0.3, 0.4) is 0 Å². The molecular formula is C13H12N2O5S3. The first-order chi connectivity index (χ1) is 10.6. The van der Waals surface area contributed by atoms with Crippen LogP contribution in [0.4, 0.5) is 0 Å². The van der Waals surface area contributed by atoms with Crippen LogP contribution in [0, 0.1) is 11.3 Å². The number of fused-ring (bicyclic) bond motifs is 1. The lowest BCUT2D eigenvalue weighted by atomic mass is 10.3. The van der Waals surface area contributed by atoms with Crippen molar-refractivity contribution >= 4 is 46.8 Å². The second-order valence-corrected chi connectivity index (χ2v) is 9.87. The van der Waals surface area contributed by atoms with Crippen LogP contribution in [0.2, 0.25) is 0 Å². The van der Waals surface area contributed by atoms with Gasteiger partial charge < -0.3 is 4.74 Å². The normalized spacial score (nSPS) is 11.9. The Bertz CT molecular complexity index is 1020. The molecule has 0 amide bonds. The molecule has 0 aliphatic heterocycles. The fraction of sp³-hybridized carbons (Fsp3) is 0.231. The van der Waals surface area contributed by atoms with E-state index in [1.54, 1.807) is 24.3 Å². The molecule has 0 fully saturated rings. The SMILES string of the molecule is COc1ccc2nc(C(C#N)=C(S(C)(=O)=O)S(C)(=O)=O)sc2c1. The van der Waals surface area contributed by atoms with E-state index in [2.05, 4.69) is 4.98 Å². The molecule has 0 N–H and O–H groups in total. The fourth-order valence-corrected chi connectivity index (χ4v) is 6.32. The number of hydrogen-bond donors (Lipinski definition) is 0. The molecule has 23 heavy (non-hydrogen) atoms. The molecule has 0 atom stereocenters. The largest absolute Gasteiger partial charge is 0.497 e. The van der Waals surface area contributed by atoms with Crippen LogP contribution >= 0.6 is 11.3 Å². The van der Waals surface area contributed by atoms with Crippen LogP contribution in [-0.2, 0) is 19.7 Å². The summed E-state index contributed by atoms with van der Waals surface area (Å²) in [7, 11) is -6.75. The highest BCUT2D eigenvalue weighted by Crippen LogP contribution is 2.33. The second kappa shape index (κ2) is 5.92. The zero-order valence-corrected chi connectivity index (χ0v) is 14.8. The Labute approximate surface area is 137 Å². The molecule has 0 aliphatic rings. The summed E-state index contributed by atoms with van der Waals surface area (Å²) < 4.78 is 52.2. The number of nitriles is 1. The number of aromatic nitrogens is 1. The van der Waals surface area contributed by atoms with Crippen LogP contribution in [0.15, 0.2) is 22.4 Å². The van der Waals surface area contributed by atoms with Gasteiger partial charge >= 0.3 is 0 Å². The van der Waals surface area contributed by atoms with Crippen molar-refractivity contribution in [1.82, 2.24) is 4.98 Å². The van der Waals surface area contributed by atoms with Gasteiger partial charge in [-0.3, -0.25) is 0 Å². The summed E-state index contributed by atoms with van der Waals surface area (Å²) >= 11 is 1.02. The van der Waals surface area contributed by atoms with Gasteiger partial charge in [-0.25, -0.2) is 21.8 Å². The lowest BCUT2D eigenvalue weighted by molar-refractivity contribution is 0.415. The van der Waals surface area contributed by atoms with E-state index < -0.39 is 29.5 Å². The van der Waals surface area contributed by atoms with Crippen LogP contribution in [0.25, 0.3) is 15.8 Å². The number of thiazole rings is 1. The van der Waals surface area contributed by atoms with Crippen LogP contribution < -0.4 is 4.74 Å². The van der Waals surface area contributed by atoms with Crippen molar-refractivity contribution in [3.05, 3.63) is 27.4 Å². The first-order valence-electron chi connectivity index (χ1n) is 6.07. The third kappa shape index (κ3) is 3.52. The molecule has 0 unspecified atom stereocenters. The molecule has 10 heteroatoms. The van der Waals surface area contributed by atoms with Crippen LogP contribution in [0.5, 0.6) is 5.75 Å². The van der Waals surface area contributed by atoms with E-state index in [0.29, 0.717) is 16.0 Å². The highest BCUT2D eigenvalue weighted by molar-refractivity contribution is 8.14. The van der Waals surface area contributed by atoms with Gasteiger partial charge in [-0.1, -0.05) is 0 Å². The second-order valence-electron chi connectivity index (χ2n) is 4.67. The van der Waals surface area contributed by atoms with Gasteiger partial charge in [0.25, 0.3) is 0 Å². The number of allylic oxidation sites excluding steroid dienone is 1. The maximum Gasteiger partial charge on any atom is 0.187 e. The molecule has 0 bridgehead atoms. The summed E-state index contributed by atoms with van der Waals surface area (Å²) in [6, 6.07) is 6.64. The summed E-state index contributed by atoms with van der Waals surface area (Å²) in [5.74, 6) is 0.571. The standard InChI is InChI=1S/C13H12N2O5S3/c1-20-8-4-5-10-11(6-8)21-12(15-10)9(7-14)13(22(2,16)17)23(3,18)19/h4-6H,1-3H3. The van der Waals surface area contributed by atoms with E-state index in [4.69, 9.17) is 4.74 Å². The molecule has 0 aliphatic carbocycles. The predicted molar refractivity (Wildman–Crippen MR) is 88.4 cm³/mol. The van der Waals surface area contributed by atoms with E-state index in [1.807, 2.05) is 0 Å². The van der Waals surface area contributed by atoms with Crippen molar-refractivity contribution in [2.75, 3.05) is 19.6 Å². The Morgan fingerprint density at radius 2 is 1.83 bits per heavy atom. The van der Waals surface area contributed by atoms with E-state index in [1.165, 1.54) is 7.11 Å². The summed E-state index contributed by atoms with van der Waals surface area (Å²) in [5, 5.41) is 9.34. The molecule has 122 valence electrons. The van der Waals surface area contributed by atoms with Gasteiger partial charge in [-0.05, 0) is 18.2 Å². The Hall–Kier alpha value is -1.96. The van der Waals surface area contributed by atoms with Gasteiger partial charge in [0.1, 0.15) is 22.4 Å². The highest BCUT2D eigenvalue weighted by atomic mass is 32.3. The predicted octanol–water partition coefficient (Wildman–Crippen LogP) is 1.59. The average molecular weight is 372 g/mol. The number of methoxy groups -OCH3 is 1. The minimum Gasteiger partial charge on any atom is -0.497 e. The van der Waals surface area contributed by atoms with Crippen molar-refractivity contribution < 1.29 is 21.6 Å². The summed E-state index contributed by atoms with van der Waals surface area (Å²) in [5.41, 5.74) is 0.0371. The molecule has 0 saturated heterocycles. The third-order valence-corrected chi connectivity index (χ3v) is 7.41. The zero-order valence-electron chi connectivity index (χ0n) is 12.4. The maximum atomic E-state index is 11.8. The van der Waals surface area contributed by atoms with Gasteiger partial charge in [0, 0.05) is 12.5 Å². The van der Waals surface area contributed by atoms with E-state index in [0.717, 1.165) is 23.8 Å². The third-order valence-electron chi connectivity index (χ3n) is 2.80. The molecule has 7 nitrogen and oxygen atoms in total. The molecule has 0 spiro atoms. The van der Waals surface area contributed by atoms with Gasteiger partial charge in [-0.2, -0.15) is 5.26 Å². The summed E-state index contributed by atoms with van der Waals surface area (Å²) in [4.78, 5) is 4.16. The number of nitrogens with zero attached hydrogens (tertiary/aromatic N) is 2. The monoisotopic (exact) mass is 372 g/mol. The summed E-state index contributed by atoms with van der Waals surface area (Å²) in [6.45, 7) is 0. The topological polar surface area (TPSA) is 114 Å². The first kappa shape index (κ1) is 17.4. The number of ether oxygens (including phenoxy) is 1. The summed E-state index contributed by atoms with van der Waals surface area (Å²) in [6.07, 6.45) is 1.49. The molecular weight excluding hydrogens is 360 g/mol. The van der Waals surface area contributed by atoms with Gasteiger partial charge in [0.15, 0.2) is 23.9 Å². The van der Waals surface area contributed by atoms with Crippen molar-refractivity contribution in [1.29, 1.82) is 5.26 Å². The quantitative estimate of drug-likeness (QED) is 0.749. The maximum absolute atomic E-state index is 11.8. The molecule has 2 rings (SSSR count). The lowest BCUT2D eigenvalue weighted by Crippen LogP contribution is -2.13. The van der Waals surface area contributed by atoms with E-state index in [9.17, 15) is 22.1 Å². The first-order valence-corrected chi connectivity index (χ1v) is 10.7. The van der Waals surface area contributed by atoms with Crippen molar-refractivity contribution in [2.24, 2.45) is 0 Å². The molecule has 0 saturated carbocycles. The lowest BCUT2D eigenvalue weighted by Gasteiger charge is -2.04. The number of rotatable bonds is 4. The van der Waals surface area contributed by atoms with Crippen molar-refractivity contribution in [3.8, 4) is 11.8 Å². The van der Waals surface area contributed by atoms with Crippen molar-refractivity contribution in [2.45, 2.75) is 0 Å². The minimum atomic E-state index is -4.12. The van der Waals surface area contributed by atoms with E-state index in [-0.39, 0.29) is 5.01 Å². The minimum absolute atomic E-state index is 0.0293. The Morgan fingerprint density at radius 3 is 2.30 bits per heavy atom. The molecule has 1 heterocycles. The van der Waals surface area contributed by atoms with E-state index >= 15 is 0 Å². The number of sulfone groups is 2. The Balaban J connectivity index is 2.84. The Kier molecular flexibility index (Phi) is 4.48.